The molecule has 3 nitrogen and oxygen atoms in total. The normalized spacial score (nSPS) is 26.9. The van der Waals surface area contributed by atoms with Crippen molar-refractivity contribution in [2.75, 3.05) is 20.1 Å². The van der Waals surface area contributed by atoms with Gasteiger partial charge in [-0.05, 0) is 43.7 Å². The Kier molecular flexibility index (Phi) is 5.22. The highest BCUT2D eigenvalue weighted by Crippen LogP contribution is 2.40. The van der Waals surface area contributed by atoms with Gasteiger partial charge in [0.15, 0.2) is 0 Å². The molecule has 0 aliphatic heterocycles. The maximum Gasteiger partial charge on any atom is 0.310 e. The lowest BCUT2D eigenvalue weighted by molar-refractivity contribution is -0.153. The van der Waals surface area contributed by atoms with Crippen LogP contribution in [0.1, 0.15) is 37.5 Å². The zero-order valence-electron chi connectivity index (χ0n) is 12.5. The molecule has 0 aromatic carbocycles. The Labute approximate surface area is 125 Å². The Morgan fingerprint density at radius 1 is 1.60 bits per heavy atom. The predicted octanol–water partition coefficient (Wildman–Crippen LogP) is 3.50. The number of carboxylic acid groups (broad SMARTS) is 1. The quantitative estimate of drug-likeness (QED) is 0.873. The molecular formula is C16H25NO2S. The van der Waals surface area contributed by atoms with Gasteiger partial charge in [0.05, 0.1) is 5.41 Å². The minimum Gasteiger partial charge on any atom is -0.481 e. The number of thiophene rings is 1. The summed E-state index contributed by atoms with van der Waals surface area (Å²) in [5.74, 6) is -0.0717. The van der Waals surface area contributed by atoms with Crippen molar-refractivity contribution >= 4 is 17.3 Å². The summed E-state index contributed by atoms with van der Waals surface area (Å²) in [6.45, 7) is 3.80. The molecule has 1 fully saturated rings. The van der Waals surface area contributed by atoms with Crippen LogP contribution in [0, 0.1) is 11.3 Å². The van der Waals surface area contributed by atoms with Gasteiger partial charge in [-0.15, -0.1) is 11.3 Å². The van der Waals surface area contributed by atoms with E-state index >= 15 is 0 Å². The molecule has 1 N–H and O–H groups in total. The summed E-state index contributed by atoms with van der Waals surface area (Å²) >= 11 is 1.77. The fourth-order valence-electron chi connectivity index (χ4n) is 3.42. The third-order valence-corrected chi connectivity index (χ3v) is 5.37. The smallest absolute Gasteiger partial charge is 0.310 e. The number of rotatable bonds is 6. The van der Waals surface area contributed by atoms with Gasteiger partial charge in [0.1, 0.15) is 0 Å². The molecule has 112 valence electrons. The number of hydrogen-bond donors (Lipinski definition) is 1. The third-order valence-electron chi connectivity index (χ3n) is 4.44. The summed E-state index contributed by atoms with van der Waals surface area (Å²) in [6.07, 6.45) is 4.89. The van der Waals surface area contributed by atoms with Crippen molar-refractivity contribution in [3.63, 3.8) is 0 Å². The first-order valence-corrected chi connectivity index (χ1v) is 8.34. The molecule has 1 saturated carbocycles. The molecule has 2 atom stereocenters. The zero-order valence-corrected chi connectivity index (χ0v) is 13.3. The second-order valence-corrected chi connectivity index (χ2v) is 7.39. The highest BCUT2D eigenvalue weighted by Gasteiger charge is 2.42. The molecule has 0 spiro atoms. The van der Waals surface area contributed by atoms with E-state index in [2.05, 4.69) is 36.4 Å². The first kappa shape index (κ1) is 15.5. The van der Waals surface area contributed by atoms with E-state index in [9.17, 15) is 9.90 Å². The topological polar surface area (TPSA) is 40.5 Å². The van der Waals surface area contributed by atoms with Crippen molar-refractivity contribution in [3.05, 3.63) is 22.4 Å². The SMILES string of the molecule is CC1CCCC(CN(C)CCc2cccs2)(C(=O)O)C1. The molecule has 1 heterocycles. The van der Waals surface area contributed by atoms with Crippen LogP contribution in [0.5, 0.6) is 0 Å². The van der Waals surface area contributed by atoms with Crippen molar-refractivity contribution in [1.82, 2.24) is 4.90 Å². The Morgan fingerprint density at radius 3 is 3.00 bits per heavy atom. The van der Waals surface area contributed by atoms with E-state index in [1.54, 1.807) is 11.3 Å². The lowest BCUT2D eigenvalue weighted by Gasteiger charge is -2.39. The monoisotopic (exact) mass is 295 g/mol. The van der Waals surface area contributed by atoms with Crippen LogP contribution >= 0.6 is 11.3 Å². The number of likely N-dealkylation sites (N-methyl/N-ethyl adjacent to an activating group) is 1. The van der Waals surface area contributed by atoms with Gasteiger partial charge in [-0.3, -0.25) is 4.79 Å². The molecule has 0 bridgehead atoms. The van der Waals surface area contributed by atoms with E-state index in [1.165, 1.54) is 11.3 Å². The molecule has 1 aromatic heterocycles. The van der Waals surface area contributed by atoms with Crippen LogP contribution in [0.15, 0.2) is 17.5 Å². The summed E-state index contributed by atoms with van der Waals surface area (Å²) in [4.78, 5) is 15.3. The number of aliphatic carboxylic acids is 1. The second kappa shape index (κ2) is 6.72. The third kappa shape index (κ3) is 3.83. The molecule has 0 saturated heterocycles. The second-order valence-electron chi connectivity index (χ2n) is 6.35. The molecule has 1 aromatic rings. The fraction of sp³-hybridized carbons (Fsp3) is 0.688. The van der Waals surface area contributed by atoms with Gasteiger partial charge in [0, 0.05) is 18.0 Å². The van der Waals surface area contributed by atoms with E-state index in [-0.39, 0.29) is 0 Å². The standard InChI is InChI=1S/C16H25NO2S/c1-13-5-3-8-16(11-13,15(18)19)12-17(2)9-7-14-6-4-10-20-14/h4,6,10,13H,3,5,7-9,11-12H2,1-2H3,(H,18,19). The summed E-state index contributed by atoms with van der Waals surface area (Å²) in [7, 11) is 2.05. The average Bonchev–Trinajstić information content (AvgIpc) is 2.89. The van der Waals surface area contributed by atoms with E-state index in [4.69, 9.17) is 0 Å². The van der Waals surface area contributed by atoms with Crippen LogP contribution in [-0.2, 0) is 11.2 Å². The Morgan fingerprint density at radius 2 is 2.40 bits per heavy atom. The lowest BCUT2D eigenvalue weighted by atomic mass is 9.69. The van der Waals surface area contributed by atoms with E-state index in [0.717, 1.165) is 32.2 Å². The zero-order chi connectivity index (χ0) is 14.6. The molecule has 4 heteroatoms. The summed E-state index contributed by atoms with van der Waals surface area (Å²) in [6, 6.07) is 4.22. The molecule has 2 unspecified atom stereocenters. The van der Waals surface area contributed by atoms with Gasteiger partial charge in [0.2, 0.25) is 0 Å². The average molecular weight is 295 g/mol. The van der Waals surface area contributed by atoms with Gasteiger partial charge in [-0.1, -0.05) is 25.8 Å². The largest absolute Gasteiger partial charge is 0.481 e. The van der Waals surface area contributed by atoms with Crippen molar-refractivity contribution in [1.29, 1.82) is 0 Å². The Balaban J connectivity index is 1.92. The molecule has 1 aliphatic carbocycles. The van der Waals surface area contributed by atoms with Crippen LogP contribution in [0.4, 0.5) is 0 Å². The highest BCUT2D eigenvalue weighted by molar-refractivity contribution is 7.09. The lowest BCUT2D eigenvalue weighted by Crippen LogP contribution is -2.45. The van der Waals surface area contributed by atoms with E-state index in [1.807, 2.05) is 0 Å². The minimum absolute atomic E-state index is 0.526. The molecule has 20 heavy (non-hydrogen) atoms. The molecule has 0 amide bonds. The number of carboxylic acids is 1. The minimum atomic E-state index is -0.605. The van der Waals surface area contributed by atoms with Crippen LogP contribution in [0.3, 0.4) is 0 Å². The van der Waals surface area contributed by atoms with Crippen molar-refractivity contribution in [3.8, 4) is 0 Å². The Bertz CT molecular complexity index is 432. The molecule has 1 aliphatic rings. The maximum absolute atomic E-state index is 11.8. The first-order valence-electron chi connectivity index (χ1n) is 7.46. The first-order chi connectivity index (χ1) is 9.52. The summed E-state index contributed by atoms with van der Waals surface area (Å²) in [5, 5.41) is 11.8. The number of hydrogen-bond acceptors (Lipinski definition) is 3. The molecule has 2 rings (SSSR count). The van der Waals surface area contributed by atoms with Gasteiger partial charge < -0.3 is 10.0 Å². The van der Waals surface area contributed by atoms with Gasteiger partial charge in [0.25, 0.3) is 0 Å². The van der Waals surface area contributed by atoms with E-state index in [0.29, 0.717) is 12.5 Å². The van der Waals surface area contributed by atoms with E-state index < -0.39 is 11.4 Å². The van der Waals surface area contributed by atoms with Gasteiger partial charge in [-0.25, -0.2) is 0 Å². The molecule has 0 radical (unpaired) electrons. The highest BCUT2D eigenvalue weighted by atomic mass is 32.1. The predicted molar refractivity (Wildman–Crippen MR) is 83.2 cm³/mol. The van der Waals surface area contributed by atoms with Crippen LogP contribution in [0.2, 0.25) is 0 Å². The maximum atomic E-state index is 11.8. The molecular weight excluding hydrogens is 270 g/mol. The van der Waals surface area contributed by atoms with Crippen LogP contribution < -0.4 is 0 Å². The fourth-order valence-corrected chi connectivity index (χ4v) is 4.12. The van der Waals surface area contributed by atoms with Crippen molar-refractivity contribution < 1.29 is 9.90 Å². The summed E-state index contributed by atoms with van der Waals surface area (Å²) < 4.78 is 0. The van der Waals surface area contributed by atoms with Crippen LogP contribution in [-0.4, -0.2) is 36.1 Å². The van der Waals surface area contributed by atoms with Gasteiger partial charge in [-0.2, -0.15) is 0 Å². The van der Waals surface area contributed by atoms with Crippen molar-refractivity contribution in [2.45, 2.75) is 39.0 Å². The summed E-state index contributed by atoms with van der Waals surface area (Å²) in [5.41, 5.74) is -0.526. The Hall–Kier alpha value is -0.870. The number of carbonyl (C=O) groups is 1. The van der Waals surface area contributed by atoms with Crippen molar-refractivity contribution in [2.24, 2.45) is 11.3 Å². The number of nitrogens with zero attached hydrogens (tertiary/aromatic N) is 1. The van der Waals surface area contributed by atoms with Gasteiger partial charge >= 0.3 is 5.97 Å². The van der Waals surface area contributed by atoms with Crippen LogP contribution in [0.25, 0.3) is 0 Å².